The number of sulfonamides is 1. The number of esters is 1. The molecule has 0 spiro atoms. The summed E-state index contributed by atoms with van der Waals surface area (Å²) in [5.74, 6) is -0.654. The largest absolute Gasteiger partial charge is 0.468 e. The van der Waals surface area contributed by atoms with E-state index in [9.17, 15) is 13.2 Å². The molecule has 110 valence electrons. The second kappa shape index (κ2) is 6.78. The molecule has 0 amide bonds. The van der Waals surface area contributed by atoms with Gasteiger partial charge in [-0.15, -0.1) is 0 Å². The third-order valence-corrected chi connectivity index (χ3v) is 4.20. The summed E-state index contributed by atoms with van der Waals surface area (Å²) in [6.07, 6.45) is 0.404. The van der Waals surface area contributed by atoms with Crippen molar-refractivity contribution in [3.63, 3.8) is 0 Å². The number of hydrogen-bond donors (Lipinski definition) is 2. The van der Waals surface area contributed by atoms with Gasteiger partial charge in [-0.3, -0.25) is 4.79 Å². The van der Waals surface area contributed by atoms with E-state index in [0.29, 0.717) is 11.4 Å². The maximum absolute atomic E-state index is 12.0. The third-order valence-electron chi connectivity index (χ3n) is 2.50. The van der Waals surface area contributed by atoms with Crippen molar-refractivity contribution in [1.29, 1.82) is 0 Å². The Morgan fingerprint density at radius 2 is 1.95 bits per heavy atom. The molecule has 0 aliphatic heterocycles. The topological polar surface area (TPSA) is 98.5 Å². The minimum absolute atomic E-state index is 0.0555. The molecule has 1 rings (SSSR count). The molecule has 1 aromatic carbocycles. The van der Waals surface area contributed by atoms with Crippen LogP contribution >= 0.6 is 12.2 Å². The Kier molecular flexibility index (Phi) is 5.61. The van der Waals surface area contributed by atoms with E-state index in [4.69, 9.17) is 18.0 Å². The Hall–Kier alpha value is -1.51. The molecule has 6 nitrogen and oxygen atoms in total. The van der Waals surface area contributed by atoms with E-state index in [2.05, 4.69) is 9.46 Å². The number of ether oxygens (including phenoxy) is 1. The molecule has 0 heterocycles. The van der Waals surface area contributed by atoms with E-state index in [0.717, 1.165) is 5.56 Å². The molecule has 0 aromatic heterocycles. The summed E-state index contributed by atoms with van der Waals surface area (Å²) in [4.78, 5) is 11.6. The Morgan fingerprint density at radius 1 is 1.40 bits per heavy atom. The standard InChI is InChI=1S/C12H16N2O4S2/c1-8(12(15)18-2)14-20(16,17)10-5-3-9(4-6-10)7-11(13)19/h3-6,8,14H,7H2,1-2H3,(H2,13,19). The molecular weight excluding hydrogens is 300 g/mol. The highest BCUT2D eigenvalue weighted by molar-refractivity contribution is 7.89. The Morgan fingerprint density at radius 3 is 2.40 bits per heavy atom. The molecule has 1 aromatic rings. The number of carbonyl (C=O) groups is 1. The second-order valence-electron chi connectivity index (χ2n) is 4.15. The molecule has 0 bridgehead atoms. The number of benzene rings is 1. The first kappa shape index (κ1) is 16.5. The van der Waals surface area contributed by atoms with Crippen molar-refractivity contribution < 1.29 is 17.9 Å². The van der Waals surface area contributed by atoms with Crippen molar-refractivity contribution in [1.82, 2.24) is 4.72 Å². The van der Waals surface area contributed by atoms with Gasteiger partial charge >= 0.3 is 5.97 Å². The minimum Gasteiger partial charge on any atom is -0.468 e. The van der Waals surface area contributed by atoms with Gasteiger partial charge in [-0.1, -0.05) is 24.4 Å². The van der Waals surface area contributed by atoms with Crippen LogP contribution in [0.4, 0.5) is 0 Å². The fourth-order valence-corrected chi connectivity index (χ4v) is 2.87. The predicted molar refractivity (Wildman–Crippen MR) is 78.7 cm³/mol. The SMILES string of the molecule is COC(=O)C(C)NS(=O)(=O)c1ccc(CC(N)=S)cc1. The van der Waals surface area contributed by atoms with Crippen molar-refractivity contribution >= 4 is 33.2 Å². The van der Waals surface area contributed by atoms with Gasteiger partial charge in [-0.25, -0.2) is 8.42 Å². The van der Waals surface area contributed by atoms with E-state index >= 15 is 0 Å². The van der Waals surface area contributed by atoms with Crippen LogP contribution in [0.3, 0.4) is 0 Å². The summed E-state index contributed by atoms with van der Waals surface area (Å²) >= 11 is 4.78. The van der Waals surface area contributed by atoms with Gasteiger partial charge in [-0.2, -0.15) is 4.72 Å². The number of nitrogens with two attached hydrogens (primary N) is 1. The number of rotatable bonds is 6. The highest BCUT2D eigenvalue weighted by Crippen LogP contribution is 2.12. The van der Waals surface area contributed by atoms with Crippen molar-refractivity contribution in [2.45, 2.75) is 24.3 Å². The van der Waals surface area contributed by atoms with E-state index in [1.54, 1.807) is 12.1 Å². The first-order valence-corrected chi connectivity index (χ1v) is 7.63. The molecule has 0 radical (unpaired) electrons. The summed E-state index contributed by atoms with van der Waals surface area (Å²) in [5.41, 5.74) is 6.23. The van der Waals surface area contributed by atoms with Crippen LogP contribution in [0, 0.1) is 0 Å². The van der Waals surface area contributed by atoms with Crippen LogP contribution in [0.15, 0.2) is 29.2 Å². The number of methoxy groups -OCH3 is 1. The average molecular weight is 316 g/mol. The Balaban J connectivity index is 2.88. The van der Waals surface area contributed by atoms with Gasteiger partial charge in [0, 0.05) is 6.42 Å². The summed E-state index contributed by atoms with van der Waals surface area (Å²) < 4.78 is 30.7. The molecule has 0 fully saturated rings. The van der Waals surface area contributed by atoms with Crippen molar-refractivity contribution in [3.8, 4) is 0 Å². The fourth-order valence-electron chi connectivity index (χ4n) is 1.51. The molecule has 0 saturated heterocycles. The zero-order valence-electron chi connectivity index (χ0n) is 11.1. The van der Waals surface area contributed by atoms with Crippen LogP contribution in [0.25, 0.3) is 0 Å². The lowest BCUT2D eigenvalue weighted by Crippen LogP contribution is -2.39. The Labute approximate surface area is 123 Å². The maximum atomic E-state index is 12.0. The molecule has 20 heavy (non-hydrogen) atoms. The van der Waals surface area contributed by atoms with E-state index in [1.807, 2.05) is 0 Å². The van der Waals surface area contributed by atoms with Crippen LogP contribution in [0.2, 0.25) is 0 Å². The molecule has 1 atom stereocenters. The second-order valence-corrected chi connectivity index (χ2v) is 6.39. The number of carbonyl (C=O) groups excluding carboxylic acids is 1. The minimum atomic E-state index is -3.77. The van der Waals surface area contributed by atoms with Crippen LogP contribution < -0.4 is 10.5 Å². The highest BCUT2D eigenvalue weighted by Gasteiger charge is 2.22. The monoisotopic (exact) mass is 316 g/mol. The maximum Gasteiger partial charge on any atom is 0.323 e. The van der Waals surface area contributed by atoms with Gasteiger partial charge < -0.3 is 10.5 Å². The molecule has 0 aliphatic carbocycles. The van der Waals surface area contributed by atoms with Gasteiger partial charge in [0.2, 0.25) is 10.0 Å². The summed E-state index contributed by atoms with van der Waals surface area (Å²) in [7, 11) is -2.58. The number of nitrogens with one attached hydrogen (secondary N) is 1. The zero-order valence-corrected chi connectivity index (χ0v) is 12.8. The molecule has 0 saturated carbocycles. The normalized spacial score (nSPS) is 12.7. The van der Waals surface area contributed by atoms with Crippen molar-refractivity contribution in [3.05, 3.63) is 29.8 Å². The summed E-state index contributed by atoms with van der Waals surface area (Å²) in [6.45, 7) is 1.41. The lowest BCUT2D eigenvalue weighted by Gasteiger charge is -2.12. The van der Waals surface area contributed by atoms with Gasteiger partial charge in [0.15, 0.2) is 0 Å². The van der Waals surface area contributed by atoms with Crippen molar-refractivity contribution in [2.75, 3.05) is 7.11 Å². The van der Waals surface area contributed by atoms with Crippen molar-refractivity contribution in [2.24, 2.45) is 5.73 Å². The van der Waals surface area contributed by atoms with Gasteiger partial charge in [0.25, 0.3) is 0 Å². The lowest BCUT2D eigenvalue weighted by atomic mass is 10.1. The lowest BCUT2D eigenvalue weighted by molar-refractivity contribution is -0.142. The molecule has 0 aliphatic rings. The van der Waals surface area contributed by atoms with E-state index < -0.39 is 22.0 Å². The average Bonchev–Trinajstić information content (AvgIpc) is 2.37. The van der Waals surface area contributed by atoms with Gasteiger partial charge in [-0.05, 0) is 24.6 Å². The molecular formula is C12H16N2O4S2. The van der Waals surface area contributed by atoms with Gasteiger partial charge in [0.05, 0.1) is 17.0 Å². The van der Waals surface area contributed by atoms with Gasteiger partial charge in [0.1, 0.15) is 6.04 Å². The van der Waals surface area contributed by atoms with Crippen LogP contribution in [0.5, 0.6) is 0 Å². The molecule has 8 heteroatoms. The van der Waals surface area contributed by atoms with Crippen LogP contribution in [0.1, 0.15) is 12.5 Å². The first-order valence-electron chi connectivity index (χ1n) is 5.73. The van der Waals surface area contributed by atoms with E-state index in [1.165, 1.54) is 26.2 Å². The summed E-state index contributed by atoms with van der Waals surface area (Å²) in [5, 5.41) is 0. The molecule has 1 unspecified atom stereocenters. The smallest absolute Gasteiger partial charge is 0.323 e. The zero-order chi connectivity index (χ0) is 15.3. The van der Waals surface area contributed by atoms with Crippen LogP contribution in [-0.2, 0) is 26.0 Å². The Bertz CT molecular complexity index is 596. The van der Waals surface area contributed by atoms with E-state index in [-0.39, 0.29) is 4.90 Å². The fraction of sp³-hybridized carbons (Fsp3) is 0.333. The summed E-state index contributed by atoms with van der Waals surface area (Å²) in [6, 6.07) is 5.15. The first-order chi connectivity index (χ1) is 9.26. The van der Waals surface area contributed by atoms with Crippen LogP contribution in [-0.4, -0.2) is 32.5 Å². The number of thiocarbonyl (C=S) groups is 1. The quantitative estimate of drug-likeness (QED) is 0.580. The number of hydrogen-bond acceptors (Lipinski definition) is 5. The predicted octanol–water partition coefficient (Wildman–Crippen LogP) is 0.355. The molecule has 3 N–H and O–H groups in total. The third kappa shape index (κ3) is 4.55. The highest BCUT2D eigenvalue weighted by atomic mass is 32.2.